The van der Waals surface area contributed by atoms with Gasteiger partial charge in [0.05, 0.1) is 23.2 Å². The number of rotatable bonds is 9. The third kappa shape index (κ3) is 6.26. The van der Waals surface area contributed by atoms with Crippen LogP contribution < -0.4 is 24.8 Å². The molecule has 10 heteroatoms. The molecular weight excluding hydrogens is 599 g/mol. The second kappa shape index (κ2) is 12.8. The third-order valence-corrected chi connectivity index (χ3v) is 8.13. The van der Waals surface area contributed by atoms with E-state index >= 15 is 0 Å². The van der Waals surface area contributed by atoms with E-state index < -0.39 is 11.3 Å². The monoisotopic (exact) mass is 628 g/mol. The quantitative estimate of drug-likeness (QED) is 0.195. The number of para-hydroxylation sites is 1. The zero-order valence-corrected chi connectivity index (χ0v) is 25.1. The number of ether oxygens (including phenoxy) is 3. The fourth-order valence-electron chi connectivity index (χ4n) is 5.54. The summed E-state index contributed by atoms with van der Waals surface area (Å²) in [6.45, 7) is 0.265. The summed E-state index contributed by atoms with van der Waals surface area (Å²) in [6, 6.07) is 26.3. The summed E-state index contributed by atoms with van der Waals surface area (Å²) in [6.07, 6.45) is 7.01. The number of benzene rings is 3. The van der Waals surface area contributed by atoms with Gasteiger partial charge in [0.25, 0.3) is 5.91 Å². The van der Waals surface area contributed by atoms with Gasteiger partial charge in [0.15, 0.2) is 11.5 Å². The van der Waals surface area contributed by atoms with Crippen LogP contribution in [0.1, 0.15) is 28.0 Å². The first kappa shape index (κ1) is 29.7. The number of amides is 2. The van der Waals surface area contributed by atoms with Crippen LogP contribution in [0, 0.1) is 11.2 Å². The highest BCUT2D eigenvalue weighted by Gasteiger charge is 2.37. The fraction of sp³-hybridized carbons (Fsp3) is 0.135. The number of fused-ring (bicyclic) bond motifs is 2. The van der Waals surface area contributed by atoms with Crippen LogP contribution in [0.15, 0.2) is 115 Å². The largest absolute Gasteiger partial charge is 0.454 e. The van der Waals surface area contributed by atoms with Crippen molar-refractivity contribution in [3.63, 3.8) is 0 Å². The summed E-state index contributed by atoms with van der Waals surface area (Å²) < 4.78 is 31.3. The van der Waals surface area contributed by atoms with E-state index in [0.29, 0.717) is 34.1 Å². The van der Waals surface area contributed by atoms with Gasteiger partial charge in [-0.15, -0.1) is 0 Å². The van der Waals surface area contributed by atoms with E-state index in [0.717, 1.165) is 10.9 Å². The Balaban J connectivity index is 1.10. The minimum Gasteiger partial charge on any atom is -0.454 e. The summed E-state index contributed by atoms with van der Waals surface area (Å²) in [5, 5.41) is 6.91. The number of allylic oxidation sites excluding steroid dienone is 3. The molecule has 2 N–H and O–H groups in total. The lowest BCUT2D eigenvalue weighted by molar-refractivity contribution is -0.128. The molecule has 2 aromatic heterocycles. The number of pyridine rings is 2. The predicted octanol–water partition coefficient (Wildman–Crippen LogP) is 6.37. The van der Waals surface area contributed by atoms with Crippen LogP contribution in [0.25, 0.3) is 16.5 Å². The number of carbonyl (C=O) groups excluding carboxylic acids is 2. The van der Waals surface area contributed by atoms with Crippen molar-refractivity contribution in [2.24, 2.45) is 5.41 Å². The molecule has 0 saturated heterocycles. The highest BCUT2D eigenvalue weighted by atomic mass is 19.1. The standard InChI is InChI=1S/C37H29FN4O5/c38-30-9-3-2-7-28(30)24-15-17-37(18-16-24,36(44)40-21-26-12-11-25-6-1-4-10-31(25)42-26)22-41-34(43)29-8-5-19-39-35(29)47-27-13-14-32-33(20-27)46-23-45-32/h1-17,19-20H,18,21-23H2,(H,40,44)(H,41,43). The van der Waals surface area contributed by atoms with Gasteiger partial charge in [-0.3, -0.25) is 14.6 Å². The van der Waals surface area contributed by atoms with Crippen molar-refractivity contribution in [1.82, 2.24) is 20.6 Å². The van der Waals surface area contributed by atoms with Gasteiger partial charge >= 0.3 is 0 Å². The molecule has 0 saturated carbocycles. The molecule has 9 nitrogen and oxygen atoms in total. The van der Waals surface area contributed by atoms with Crippen LogP contribution in [-0.2, 0) is 11.3 Å². The molecule has 3 heterocycles. The summed E-state index contributed by atoms with van der Waals surface area (Å²) in [7, 11) is 0. The van der Waals surface area contributed by atoms with Gasteiger partial charge in [-0.1, -0.05) is 60.7 Å². The molecule has 0 fully saturated rings. The summed E-state index contributed by atoms with van der Waals surface area (Å²) in [5.41, 5.74) is 1.62. The van der Waals surface area contributed by atoms with E-state index in [2.05, 4.69) is 20.6 Å². The lowest BCUT2D eigenvalue weighted by atomic mass is 9.77. The van der Waals surface area contributed by atoms with Crippen molar-refractivity contribution in [2.45, 2.75) is 13.0 Å². The number of hydrogen-bond donors (Lipinski definition) is 2. The van der Waals surface area contributed by atoms with Crippen LogP contribution in [-0.4, -0.2) is 35.1 Å². The van der Waals surface area contributed by atoms with Crippen molar-refractivity contribution < 1.29 is 28.2 Å². The number of hydrogen-bond acceptors (Lipinski definition) is 7. The molecule has 0 radical (unpaired) electrons. The Morgan fingerprint density at radius 2 is 1.77 bits per heavy atom. The van der Waals surface area contributed by atoms with Crippen LogP contribution >= 0.6 is 0 Å². The lowest BCUT2D eigenvalue weighted by Crippen LogP contribution is -2.47. The minimum atomic E-state index is -1.16. The SMILES string of the molecule is O=C(NCC1(C(=O)NCc2ccc3ccccc3n2)C=CC(c2ccccc2F)=CC1)c1cccnc1Oc1ccc2c(c1)OCO2. The normalized spacial score (nSPS) is 16.4. The first-order valence-electron chi connectivity index (χ1n) is 15.1. The Labute approximate surface area is 269 Å². The van der Waals surface area contributed by atoms with Crippen LogP contribution in [0.2, 0.25) is 0 Å². The fourth-order valence-corrected chi connectivity index (χ4v) is 5.54. The van der Waals surface area contributed by atoms with Crippen molar-refractivity contribution in [2.75, 3.05) is 13.3 Å². The molecule has 1 unspecified atom stereocenters. The van der Waals surface area contributed by atoms with E-state index in [4.69, 9.17) is 14.2 Å². The van der Waals surface area contributed by atoms with Crippen LogP contribution in [0.5, 0.6) is 23.1 Å². The lowest BCUT2D eigenvalue weighted by Gasteiger charge is -2.31. The molecule has 1 aliphatic heterocycles. The topological polar surface area (TPSA) is 112 Å². The Kier molecular flexibility index (Phi) is 8.06. The van der Waals surface area contributed by atoms with Gasteiger partial charge in [-0.05, 0) is 54.5 Å². The van der Waals surface area contributed by atoms with Crippen molar-refractivity contribution >= 4 is 28.3 Å². The van der Waals surface area contributed by atoms with E-state index in [1.165, 1.54) is 12.3 Å². The molecule has 5 aromatic rings. The first-order chi connectivity index (χ1) is 23.0. The molecule has 234 valence electrons. The molecular formula is C37H29FN4O5. The zero-order valence-electron chi connectivity index (χ0n) is 25.1. The molecule has 7 rings (SSSR count). The first-order valence-corrected chi connectivity index (χ1v) is 15.1. The zero-order chi connectivity index (χ0) is 32.2. The van der Waals surface area contributed by atoms with Crippen LogP contribution in [0.4, 0.5) is 4.39 Å². The van der Waals surface area contributed by atoms with Crippen molar-refractivity contribution in [3.8, 4) is 23.1 Å². The molecule has 2 aliphatic rings. The molecule has 47 heavy (non-hydrogen) atoms. The third-order valence-electron chi connectivity index (χ3n) is 8.13. The molecule has 1 aliphatic carbocycles. The van der Waals surface area contributed by atoms with E-state index in [1.54, 1.807) is 60.7 Å². The van der Waals surface area contributed by atoms with Crippen LogP contribution in [0.3, 0.4) is 0 Å². The molecule has 1 atom stereocenters. The van der Waals surface area contributed by atoms with Gasteiger partial charge < -0.3 is 24.8 Å². The molecule has 0 bridgehead atoms. The number of nitrogens with zero attached hydrogens (tertiary/aromatic N) is 2. The second-order valence-electron chi connectivity index (χ2n) is 11.2. The molecule has 3 aromatic carbocycles. The number of aromatic nitrogens is 2. The van der Waals surface area contributed by atoms with Gasteiger partial charge in [0.2, 0.25) is 18.6 Å². The van der Waals surface area contributed by atoms with Gasteiger partial charge in [0, 0.05) is 29.8 Å². The number of carbonyl (C=O) groups is 2. The Bertz CT molecular complexity index is 2060. The number of nitrogens with one attached hydrogen (secondary N) is 2. The average molecular weight is 629 g/mol. The van der Waals surface area contributed by atoms with Gasteiger partial charge in [0.1, 0.15) is 17.1 Å². The van der Waals surface area contributed by atoms with E-state index in [9.17, 15) is 14.0 Å². The van der Waals surface area contributed by atoms with Crippen molar-refractivity contribution in [3.05, 3.63) is 138 Å². The maximum absolute atomic E-state index is 14.6. The maximum atomic E-state index is 14.6. The Hall–Kier alpha value is -6.03. The minimum absolute atomic E-state index is 0.0429. The smallest absolute Gasteiger partial charge is 0.256 e. The summed E-state index contributed by atoms with van der Waals surface area (Å²) in [4.78, 5) is 36.4. The second-order valence-corrected chi connectivity index (χ2v) is 11.2. The molecule has 2 amide bonds. The summed E-state index contributed by atoms with van der Waals surface area (Å²) >= 11 is 0. The number of halogens is 1. The van der Waals surface area contributed by atoms with Crippen molar-refractivity contribution in [1.29, 1.82) is 0 Å². The highest BCUT2D eigenvalue weighted by molar-refractivity contribution is 5.97. The van der Waals surface area contributed by atoms with Gasteiger partial charge in [-0.2, -0.15) is 0 Å². The van der Waals surface area contributed by atoms with E-state index in [1.807, 2.05) is 42.5 Å². The van der Waals surface area contributed by atoms with Gasteiger partial charge in [-0.25, -0.2) is 9.37 Å². The average Bonchev–Trinajstić information content (AvgIpc) is 3.58. The predicted molar refractivity (Wildman–Crippen MR) is 173 cm³/mol. The molecule has 0 spiro atoms. The highest BCUT2D eigenvalue weighted by Crippen LogP contribution is 2.37. The van der Waals surface area contributed by atoms with E-state index in [-0.39, 0.29) is 49.5 Å². The maximum Gasteiger partial charge on any atom is 0.256 e. The Morgan fingerprint density at radius 1 is 0.915 bits per heavy atom. The summed E-state index contributed by atoms with van der Waals surface area (Å²) in [5.74, 6) is 0.493. The Morgan fingerprint density at radius 3 is 2.64 bits per heavy atom.